The molecule has 3 heteroatoms. The lowest BCUT2D eigenvalue weighted by Gasteiger charge is -2.37. The van der Waals surface area contributed by atoms with Crippen molar-refractivity contribution in [1.29, 1.82) is 0 Å². The van der Waals surface area contributed by atoms with Gasteiger partial charge in [0.2, 0.25) is 0 Å². The van der Waals surface area contributed by atoms with Crippen LogP contribution in [0, 0.1) is 5.41 Å². The summed E-state index contributed by atoms with van der Waals surface area (Å²) in [6.07, 6.45) is 6.92. The molecule has 0 amide bonds. The Kier molecular flexibility index (Phi) is 7.09. The van der Waals surface area contributed by atoms with Crippen LogP contribution in [0.2, 0.25) is 0 Å². The second kappa shape index (κ2) is 8.06. The van der Waals surface area contributed by atoms with Crippen LogP contribution in [-0.4, -0.2) is 37.5 Å². The van der Waals surface area contributed by atoms with Gasteiger partial charge in [0.1, 0.15) is 0 Å². The zero-order valence-electron chi connectivity index (χ0n) is 11.5. The van der Waals surface area contributed by atoms with E-state index in [0.717, 1.165) is 32.6 Å². The molecule has 0 spiro atoms. The molecule has 0 unspecified atom stereocenters. The minimum Gasteiger partial charge on any atom is -0.396 e. The normalized spacial score (nSPS) is 19.8. The summed E-state index contributed by atoms with van der Waals surface area (Å²) in [5.41, 5.74) is 0.0674. The minimum atomic E-state index is 0.0674. The van der Waals surface area contributed by atoms with Crippen LogP contribution < -0.4 is 5.32 Å². The molecular weight excluding hydrogens is 214 g/mol. The molecule has 0 aliphatic carbocycles. The maximum atomic E-state index is 9.62. The number of aliphatic hydroxyl groups is 1. The highest BCUT2D eigenvalue weighted by Crippen LogP contribution is 2.29. The summed E-state index contributed by atoms with van der Waals surface area (Å²) in [4.78, 5) is 0. The number of hydrogen-bond acceptors (Lipinski definition) is 3. The van der Waals surface area contributed by atoms with Crippen LogP contribution in [0.25, 0.3) is 0 Å². The lowest BCUT2D eigenvalue weighted by atomic mass is 9.80. The Balaban J connectivity index is 2.38. The Bertz CT molecular complexity index is 185. The molecule has 0 atom stereocenters. The number of ether oxygens (including phenoxy) is 1. The molecule has 0 radical (unpaired) electrons. The highest BCUT2D eigenvalue weighted by Gasteiger charge is 2.32. The van der Waals surface area contributed by atoms with E-state index in [4.69, 9.17) is 4.74 Å². The fourth-order valence-electron chi connectivity index (χ4n) is 2.60. The van der Waals surface area contributed by atoms with Crippen molar-refractivity contribution in [3.63, 3.8) is 0 Å². The van der Waals surface area contributed by atoms with Crippen molar-refractivity contribution in [3.8, 4) is 0 Å². The molecule has 0 aromatic heterocycles. The van der Waals surface area contributed by atoms with Crippen molar-refractivity contribution in [2.45, 2.75) is 58.4 Å². The number of hydrogen-bond donors (Lipinski definition) is 2. The van der Waals surface area contributed by atoms with E-state index in [0.29, 0.717) is 6.04 Å². The standard InChI is InChI=1S/C14H29NO2/c1-3-5-13(6-4-2)15-11-14(12-16)7-9-17-10-8-14/h13,15-16H,3-12H2,1-2H3. The molecule has 1 aliphatic heterocycles. The molecule has 17 heavy (non-hydrogen) atoms. The van der Waals surface area contributed by atoms with Gasteiger partial charge in [0, 0.05) is 31.2 Å². The minimum absolute atomic E-state index is 0.0674. The van der Waals surface area contributed by atoms with Gasteiger partial charge in [0.15, 0.2) is 0 Å². The molecule has 1 saturated heterocycles. The molecule has 0 aromatic carbocycles. The summed E-state index contributed by atoms with van der Waals surface area (Å²) >= 11 is 0. The van der Waals surface area contributed by atoms with E-state index in [2.05, 4.69) is 19.2 Å². The second-order valence-corrected chi connectivity index (χ2v) is 5.43. The molecule has 102 valence electrons. The van der Waals surface area contributed by atoms with E-state index in [9.17, 15) is 5.11 Å². The largest absolute Gasteiger partial charge is 0.396 e. The first kappa shape index (κ1) is 14.9. The summed E-state index contributed by atoms with van der Waals surface area (Å²) in [5, 5.41) is 13.3. The molecule has 3 nitrogen and oxygen atoms in total. The van der Waals surface area contributed by atoms with E-state index in [1.165, 1.54) is 25.7 Å². The van der Waals surface area contributed by atoms with Crippen LogP contribution in [-0.2, 0) is 4.74 Å². The van der Waals surface area contributed by atoms with E-state index < -0.39 is 0 Å². The Morgan fingerprint density at radius 3 is 2.24 bits per heavy atom. The number of aliphatic hydroxyl groups excluding tert-OH is 1. The lowest BCUT2D eigenvalue weighted by molar-refractivity contribution is -0.0167. The van der Waals surface area contributed by atoms with Crippen molar-refractivity contribution in [2.24, 2.45) is 5.41 Å². The molecule has 1 rings (SSSR count). The Morgan fingerprint density at radius 1 is 1.18 bits per heavy atom. The van der Waals surface area contributed by atoms with Gasteiger partial charge in [0.25, 0.3) is 0 Å². The van der Waals surface area contributed by atoms with Crippen molar-refractivity contribution >= 4 is 0 Å². The molecule has 1 aliphatic rings. The van der Waals surface area contributed by atoms with E-state index in [1.807, 2.05) is 0 Å². The molecule has 1 heterocycles. The van der Waals surface area contributed by atoms with Crippen LogP contribution in [0.3, 0.4) is 0 Å². The van der Waals surface area contributed by atoms with Gasteiger partial charge in [-0.3, -0.25) is 0 Å². The van der Waals surface area contributed by atoms with Gasteiger partial charge < -0.3 is 15.2 Å². The van der Waals surface area contributed by atoms with Gasteiger partial charge in [0.05, 0.1) is 6.61 Å². The first-order chi connectivity index (χ1) is 8.26. The van der Waals surface area contributed by atoms with Gasteiger partial charge in [-0.1, -0.05) is 26.7 Å². The Morgan fingerprint density at radius 2 is 1.76 bits per heavy atom. The zero-order valence-corrected chi connectivity index (χ0v) is 11.5. The number of rotatable bonds is 8. The van der Waals surface area contributed by atoms with Crippen molar-refractivity contribution in [3.05, 3.63) is 0 Å². The first-order valence-electron chi connectivity index (χ1n) is 7.18. The predicted molar refractivity (Wildman–Crippen MR) is 71.2 cm³/mol. The summed E-state index contributed by atoms with van der Waals surface area (Å²) in [7, 11) is 0. The summed E-state index contributed by atoms with van der Waals surface area (Å²) in [6.45, 7) is 7.30. The van der Waals surface area contributed by atoms with Crippen molar-refractivity contribution in [2.75, 3.05) is 26.4 Å². The average Bonchev–Trinajstić information content (AvgIpc) is 2.38. The van der Waals surface area contributed by atoms with E-state index in [-0.39, 0.29) is 12.0 Å². The molecule has 0 bridgehead atoms. The smallest absolute Gasteiger partial charge is 0.0501 e. The third-order valence-electron chi connectivity index (χ3n) is 3.93. The maximum absolute atomic E-state index is 9.62. The lowest BCUT2D eigenvalue weighted by Crippen LogP contribution is -2.45. The Hall–Kier alpha value is -0.120. The fourth-order valence-corrected chi connectivity index (χ4v) is 2.60. The van der Waals surface area contributed by atoms with Crippen molar-refractivity contribution < 1.29 is 9.84 Å². The van der Waals surface area contributed by atoms with E-state index >= 15 is 0 Å². The van der Waals surface area contributed by atoms with Crippen LogP contribution in [0.15, 0.2) is 0 Å². The van der Waals surface area contributed by atoms with Crippen LogP contribution >= 0.6 is 0 Å². The van der Waals surface area contributed by atoms with Gasteiger partial charge >= 0.3 is 0 Å². The third-order valence-corrected chi connectivity index (χ3v) is 3.93. The molecule has 0 aromatic rings. The third kappa shape index (κ3) is 4.94. The van der Waals surface area contributed by atoms with Gasteiger partial charge in [-0.15, -0.1) is 0 Å². The van der Waals surface area contributed by atoms with Crippen molar-refractivity contribution in [1.82, 2.24) is 5.32 Å². The van der Waals surface area contributed by atoms with Gasteiger partial charge in [-0.2, -0.15) is 0 Å². The first-order valence-corrected chi connectivity index (χ1v) is 7.18. The summed E-state index contributed by atoms with van der Waals surface area (Å²) in [6, 6.07) is 0.622. The predicted octanol–water partition coefficient (Wildman–Crippen LogP) is 2.33. The van der Waals surface area contributed by atoms with Gasteiger partial charge in [-0.05, 0) is 25.7 Å². The van der Waals surface area contributed by atoms with E-state index in [1.54, 1.807) is 0 Å². The monoisotopic (exact) mass is 243 g/mol. The SMILES string of the molecule is CCCC(CCC)NCC1(CO)CCOCC1. The second-order valence-electron chi connectivity index (χ2n) is 5.43. The van der Waals surface area contributed by atoms with Crippen LogP contribution in [0.5, 0.6) is 0 Å². The molecule has 2 N–H and O–H groups in total. The molecule has 0 saturated carbocycles. The highest BCUT2D eigenvalue weighted by atomic mass is 16.5. The summed E-state index contributed by atoms with van der Waals surface area (Å²) in [5.74, 6) is 0. The zero-order chi connectivity index (χ0) is 12.6. The highest BCUT2D eigenvalue weighted by molar-refractivity contribution is 4.84. The Labute approximate surface area is 106 Å². The number of nitrogens with one attached hydrogen (secondary N) is 1. The maximum Gasteiger partial charge on any atom is 0.0501 e. The van der Waals surface area contributed by atoms with Crippen LogP contribution in [0.4, 0.5) is 0 Å². The summed E-state index contributed by atoms with van der Waals surface area (Å²) < 4.78 is 5.39. The average molecular weight is 243 g/mol. The topological polar surface area (TPSA) is 41.5 Å². The van der Waals surface area contributed by atoms with Crippen LogP contribution in [0.1, 0.15) is 52.4 Å². The molecular formula is C14H29NO2. The quantitative estimate of drug-likeness (QED) is 0.687. The van der Waals surface area contributed by atoms with Gasteiger partial charge in [-0.25, -0.2) is 0 Å². The fraction of sp³-hybridized carbons (Fsp3) is 1.00. The molecule has 1 fully saturated rings.